The van der Waals surface area contributed by atoms with Crippen LogP contribution in [-0.4, -0.2) is 29.4 Å². The molecule has 6 nitrogen and oxygen atoms in total. The average molecular weight is 475 g/mol. The molecule has 7 heteroatoms. The Morgan fingerprint density at radius 2 is 1.85 bits per heavy atom. The minimum absolute atomic E-state index is 0.0487. The Bertz CT molecular complexity index is 1200. The zero-order valence-electron chi connectivity index (χ0n) is 19.1. The van der Waals surface area contributed by atoms with Crippen LogP contribution < -0.4 is 14.2 Å². The van der Waals surface area contributed by atoms with E-state index >= 15 is 0 Å². The number of amides is 1. The number of benzene rings is 2. The van der Waals surface area contributed by atoms with Gasteiger partial charge in [-0.2, -0.15) is 0 Å². The monoisotopic (exact) mass is 474 g/mol. The lowest BCUT2D eigenvalue weighted by Crippen LogP contribution is -2.30. The summed E-state index contributed by atoms with van der Waals surface area (Å²) in [6, 6.07) is 20.6. The number of aromatic nitrogens is 1. The molecule has 0 bridgehead atoms. The Balaban J connectivity index is 1.41. The Labute approximate surface area is 203 Å². The molecule has 0 aliphatic rings. The van der Waals surface area contributed by atoms with Crippen molar-refractivity contribution in [3.05, 3.63) is 101 Å². The number of pyridine rings is 1. The second-order valence-corrected chi connectivity index (χ2v) is 8.52. The molecule has 2 aromatic heterocycles. The Morgan fingerprint density at radius 3 is 2.53 bits per heavy atom. The zero-order valence-corrected chi connectivity index (χ0v) is 20.0. The zero-order chi connectivity index (χ0) is 23.8. The highest BCUT2D eigenvalue weighted by Crippen LogP contribution is 2.30. The van der Waals surface area contributed by atoms with Gasteiger partial charge in [-0.3, -0.25) is 9.78 Å². The van der Waals surface area contributed by atoms with Gasteiger partial charge < -0.3 is 19.1 Å². The van der Waals surface area contributed by atoms with Gasteiger partial charge in [0.2, 0.25) is 0 Å². The third-order valence-corrected chi connectivity index (χ3v) is 6.04. The third-order valence-electron chi connectivity index (χ3n) is 5.19. The van der Waals surface area contributed by atoms with Gasteiger partial charge >= 0.3 is 0 Å². The predicted molar refractivity (Wildman–Crippen MR) is 133 cm³/mol. The van der Waals surface area contributed by atoms with Crippen LogP contribution in [0, 0.1) is 0 Å². The molecule has 0 saturated carbocycles. The molecule has 1 amide bonds. The molecule has 0 radical (unpaired) electrons. The lowest BCUT2D eigenvalue weighted by molar-refractivity contribution is 0.0752. The molecule has 0 N–H and O–H groups in total. The summed E-state index contributed by atoms with van der Waals surface area (Å²) in [5, 5.41) is 2.02. The van der Waals surface area contributed by atoms with Crippen molar-refractivity contribution >= 4 is 17.2 Å². The fourth-order valence-corrected chi connectivity index (χ4v) is 4.03. The molecule has 0 fully saturated rings. The average Bonchev–Trinajstić information content (AvgIpc) is 3.41. The Morgan fingerprint density at radius 1 is 1.00 bits per heavy atom. The second kappa shape index (κ2) is 11.3. The molecule has 0 spiro atoms. The molecule has 174 valence electrons. The number of hydrogen-bond acceptors (Lipinski definition) is 6. The van der Waals surface area contributed by atoms with Crippen molar-refractivity contribution in [3.63, 3.8) is 0 Å². The molecule has 4 aromatic rings. The first-order chi connectivity index (χ1) is 16.7. The van der Waals surface area contributed by atoms with E-state index < -0.39 is 0 Å². The summed E-state index contributed by atoms with van der Waals surface area (Å²) in [5.74, 6) is 2.57. The number of nitrogens with zero attached hydrogens (tertiary/aromatic N) is 2. The van der Waals surface area contributed by atoms with Crippen LogP contribution in [-0.2, 0) is 13.2 Å². The fourth-order valence-electron chi connectivity index (χ4n) is 3.41. The van der Waals surface area contributed by atoms with E-state index in [0.717, 1.165) is 10.4 Å². The van der Waals surface area contributed by atoms with E-state index in [0.29, 0.717) is 48.3 Å². The smallest absolute Gasteiger partial charge is 0.254 e. The van der Waals surface area contributed by atoms with Crippen LogP contribution in [0.4, 0.5) is 0 Å². The van der Waals surface area contributed by atoms with Gasteiger partial charge in [-0.25, -0.2) is 0 Å². The summed E-state index contributed by atoms with van der Waals surface area (Å²) < 4.78 is 17.2. The van der Waals surface area contributed by atoms with Gasteiger partial charge in [0.1, 0.15) is 18.1 Å². The van der Waals surface area contributed by atoms with Crippen molar-refractivity contribution in [1.82, 2.24) is 9.88 Å². The fraction of sp³-hybridized carbons (Fsp3) is 0.185. The summed E-state index contributed by atoms with van der Waals surface area (Å²) in [5.41, 5.74) is 1.57. The van der Waals surface area contributed by atoms with Gasteiger partial charge in [0.05, 0.1) is 13.3 Å². The van der Waals surface area contributed by atoms with Crippen molar-refractivity contribution in [3.8, 4) is 23.0 Å². The summed E-state index contributed by atoms with van der Waals surface area (Å²) in [4.78, 5) is 20.1. The first-order valence-electron chi connectivity index (χ1n) is 11.0. The molecule has 0 aliphatic heterocycles. The van der Waals surface area contributed by atoms with Crippen molar-refractivity contribution < 1.29 is 19.0 Å². The van der Waals surface area contributed by atoms with Crippen LogP contribution in [0.15, 0.2) is 84.5 Å². The van der Waals surface area contributed by atoms with E-state index in [2.05, 4.69) is 4.98 Å². The normalized spacial score (nSPS) is 10.5. The summed E-state index contributed by atoms with van der Waals surface area (Å²) in [7, 11) is 1.62. The maximum atomic E-state index is 13.1. The van der Waals surface area contributed by atoms with Crippen LogP contribution >= 0.6 is 11.3 Å². The highest BCUT2D eigenvalue weighted by Gasteiger charge is 2.16. The topological polar surface area (TPSA) is 60.9 Å². The van der Waals surface area contributed by atoms with Crippen molar-refractivity contribution in [1.29, 1.82) is 0 Å². The SMILES string of the molecule is CCN(Cc1ccc(OCc2cccs2)c(OC)c1)C(=O)c1ccc(Oc2cccnc2)cc1. The molecular formula is C27H26N2O4S. The van der Waals surface area contributed by atoms with E-state index in [1.54, 1.807) is 60.0 Å². The number of ether oxygens (including phenoxy) is 3. The number of carbonyl (C=O) groups excluding carboxylic acids is 1. The Kier molecular flexibility index (Phi) is 7.78. The second-order valence-electron chi connectivity index (χ2n) is 7.49. The lowest BCUT2D eigenvalue weighted by Gasteiger charge is -2.22. The van der Waals surface area contributed by atoms with E-state index in [4.69, 9.17) is 14.2 Å². The number of hydrogen-bond donors (Lipinski definition) is 0. The van der Waals surface area contributed by atoms with Crippen LogP contribution in [0.25, 0.3) is 0 Å². The number of methoxy groups -OCH3 is 1. The van der Waals surface area contributed by atoms with E-state index in [9.17, 15) is 4.79 Å². The minimum Gasteiger partial charge on any atom is -0.493 e. The van der Waals surface area contributed by atoms with E-state index in [1.807, 2.05) is 54.8 Å². The van der Waals surface area contributed by atoms with Gasteiger partial charge in [0.25, 0.3) is 5.91 Å². The molecule has 2 heterocycles. The first kappa shape index (κ1) is 23.3. The van der Waals surface area contributed by atoms with Crippen LogP contribution in [0.1, 0.15) is 27.7 Å². The molecule has 0 saturated heterocycles. The van der Waals surface area contributed by atoms with Crippen molar-refractivity contribution in [2.45, 2.75) is 20.1 Å². The lowest BCUT2D eigenvalue weighted by atomic mass is 10.1. The molecule has 0 atom stereocenters. The maximum Gasteiger partial charge on any atom is 0.254 e. The van der Waals surface area contributed by atoms with E-state index in [1.165, 1.54) is 0 Å². The summed E-state index contributed by atoms with van der Waals surface area (Å²) >= 11 is 1.65. The molecule has 4 rings (SSSR count). The van der Waals surface area contributed by atoms with Crippen LogP contribution in [0.2, 0.25) is 0 Å². The predicted octanol–water partition coefficient (Wildman–Crippen LogP) is 6.19. The molecule has 0 aliphatic carbocycles. The van der Waals surface area contributed by atoms with Crippen molar-refractivity contribution in [2.75, 3.05) is 13.7 Å². The third kappa shape index (κ3) is 5.94. The molecule has 2 aromatic carbocycles. The molecule has 34 heavy (non-hydrogen) atoms. The largest absolute Gasteiger partial charge is 0.493 e. The standard InChI is InChI=1S/C27H26N2O4S/c1-3-29(27(30)21-9-11-22(12-10-21)33-23-6-4-14-28-17-23)18-20-8-13-25(26(16-20)31-2)32-19-24-7-5-15-34-24/h4-17H,3,18-19H2,1-2H3. The van der Waals surface area contributed by atoms with Gasteiger partial charge in [-0.1, -0.05) is 12.1 Å². The highest BCUT2D eigenvalue weighted by atomic mass is 32.1. The number of rotatable bonds is 10. The Hall–Kier alpha value is -3.84. The van der Waals surface area contributed by atoms with Gasteiger partial charge in [0, 0.05) is 29.7 Å². The first-order valence-corrected chi connectivity index (χ1v) is 11.8. The highest BCUT2D eigenvalue weighted by molar-refractivity contribution is 7.09. The molecular weight excluding hydrogens is 448 g/mol. The van der Waals surface area contributed by atoms with Crippen LogP contribution in [0.3, 0.4) is 0 Å². The van der Waals surface area contributed by atoms with E-state index in [-0.39, 0.29) is 5.91 Å². The van der Waals surface area contributed by atoms with Crippen LogP contribution in [0.5, 0.6) is 23.0 Å². The summed E-state index contributed by atoms with van der Waals surface area (Å²) in [6.45, 7) is 3.50. The maximum absolute atomic E-state index is 13.1. The van der Waals surface area contributed by atoms with Crippen molar-refractivity contribution in [2.24, 2.45) is 0 Å². The summed E-state index contributed by atoms with van der Waals surface area (Å²) in [6.07, 6.45) is 3.33. The number of thiophene rings is 1. The van der Waals surface area contributed by atoms with Gasteiger partial charge in [-0.15, -0.1) is 11.3 Å². The van der Waals surface area contributed by atoms with Gasteiger partial charge in [-0.05, 0) is 72.5 Å². The molecule has 0 unspecified atom stereocenters. The minimum atomic E-state index is -0.0487. The number of carbonyl (C=O) groups is 1. The van der Waals surface area contributed by atoms with Gasteiger partial charge in [0.15, 0.2) is 11.5 Å². The quantitative estimate of drug-likeness (QED) is 0.274.